The molecule has 27 heavy (non-hydrogen) atoms. The van der Waals surface area contributed by atoms with E-state index in [1.54, 1.807) is 36.4 Å². The maximum Gasteiger partial charge on any atom is 0.251 e. The summed E-state index contributed by atoms with van der Waals surface area (Å²) in [4.78, 5) is 28.6. The zero-order valence-electron chi connectivity index (χ0n) is 14.6. The summed E-state index contributed by atoms with van der Waals surface area (Å²) in [6.45, 7) is 1.27. The second-order valence-electron chi connectivity index (χ2n) is 6.74. The highest BCUT2D eigenvalue weighted by molar-refractivity contribution is 6.30. The molecule has 0 saturated carbocycles. The van der Waals surface area contributed by atoms with Gasteiger partial charge in [0.05, 0.1) is 18.2 Å². The number of halogens is 2. The molecule has 0 aliphatic carbocycles. The van der Waals surface area contributed by atoms with E-state index in [4.69, 9.17) is 11.6 Å². The van der Waals surface area contributed by atoms with E-state index in [2.05, 4.69) is 6.08 Å². The van der Waals surface area contributed by atoms with Crippen molar-refractivity contribution in [3.63, 3.8) is 0 Å². The number of hydrogen-bond donors (Lipinski definition) is 0. The lowest BCUT2D eigenvalue weighted by atomic mass is 9.98. The molecule has 1 atom stereocenters. The highest BCUT2D eigenvalue weighted by Crippen LogP contribution is 2.30. The Hall–Kier alpha value is -2.50. The van der Waals surface area contributed by atoms with Crippen LogP contribution in [-0.2, 0) is 9.59 Å². The lowest BCUT2D eigenvalue weighted by Crippen LogP contribution is -2.44. The van der Waals surface area contributed by atoms with Gasteiger partial charge in [-0.1, -0.05) is 29.8 Å². The Labute approximate surface area is 161 Å². The number of hydrogen-bond acceptors (Lipinski definition) is 3. The smallest absolute Gasteiger partial charge is 0.251 e. The second-order valence-corrected chi connectivity index (χ2v) is 7.18. The molecule has 138 valence electrons. The summed E-state index contributed by atoms with van der Waals surface area (Å²) in [7, 11) is 0. The highest BCUT2D eigenvalue weighted by Gasteiger charge is 2.42. The zero-order valence-corrected chi connectivity index (χ0v) is 15.3. The standard InChI is InChI=1S/C21H18ClFN2O2/c22-16-3-7-18(8-4-16)25-20(26)13-19(21(25)27)24-11-9-15(10-12-24)14-1-5-17(23)6-2-14/h1-9,19H,10-13H2/t19-/m0/s1. The third kappa shape index (κ3) is 3.53. The molecule has 0 bridgehead atoms. The zero-order chi connectivity index (χ0) is 19.0. The van der Waals surface area contributed by atoms with Gasteiger partial charge in [0.2, 0.25) is 5.91 Å². The lowest BCUT2D eigenvalue weighted by molar-refractivity contribution is -0.122. The molecule has 2 aromatic rings. The average molecular weight is 385 g/mol. The van der Waals surface area contributed by atoms with Crippen molar-refractivity contribution in [3.05, 3.63) is 71.0 Å². The summed E-state index contributed by atoms with van der Waals surface area (Å²) in [5, 5.41) is 0.559. The van der Waals surface area contributed by atoms with Gasteiger partial charge in [0.25, 0.3) is 5.91 Å². The van der Waals surface area contributed by atoms with E-state index in [1.807, 2.05) is 4.90 Å². The molecule has 0 radical (unpaired) electrons. The van der Waals surface area contributed by atoms with E-state index in [0.717, 1.165) is 17.6 Å². The number of benzene rings is 2. The molecule has 2 amide bonds. The van der Waals surface area contributed by atoms with Gasteiger partial charge >= 0.3 is 0 Å². The Morgan fingerprint density at radius 2 is 1.70 bits per heavy atom. The van der Waals surface area contributed by atoms with E-state index in [9.17, 15) is 14.0 Å². The molecule has 2 aromatic carbocycles. The molecule has 0 unspecified atom stereocenters. The van der Waals surface area contributed by atoms with Gasteiger partial charge in [-0.3, -0.25) is 14.5 Å². The molecule has 2 aliphatic heterocycles. The number of carbonyl (C=O) groups excluding carboxylic acids is 2. The van der Waals surface area contributed by atoms with Crippen LogP contribution in [-0.4, -0.2) is 35.8 Å². The molecule has 4 rings (SSSR count). The topological polar surface area (TPSA) is 40.6 Å². The SMILES string of the molecule is O=C1C[C@H](N2CC=C(c3ccc(F)cc3)CC2)C(=O)N1c1ccc(Cl)cc1. The molecule has 1 fully saturated rings. The quantitative estimate of drug-likeness (QED) is 0.753. The molecule has 0 aromatic heterocycles. The molecular weight excluding hydrogens is 367 g/mol. The van der Waals surface area contributed by atoms with Gasteiger partial charge < -0.3 is 0 Å². The van der Waals surface area contributed by atoms with Crippen LogP contribution < -0.4 is 4.90 Å². The number of rotatable bonds is 3. The Bertz CT molecular complexity index is 909. The Balaban J connectivity index is 1.48. The summed E-state index contributed by atoms with van der Waals surface area (Å²) in [5.74, 6) is -0.643. The van der Waals surface area contributed by atoms with E-state index in [1.165, 1.54) is 17.0 Å². The van der Waals surface area contributed by atoms with Gasteiger partial charge in [-0.05, 0) is 54.0 Å². The van der Waals surface area contributed by atoms with Crippen molar-refractivity contribution >= 4 is 34.7 Å². The van der Waals surface area contributed by atoms with Crippen LogP contribution in [0.15, 0.2) is 54.6 Å². The van der Waals surface area contributed by atoms with Crippen molar-refractivity contribution < 1.29 is 14.0 Å². The van der Waals surface area contributed by atoms with Crippen LogP contribution in [0.3, 0.4) is 0 Å². The molecular formula is C21H18ClFN2O2. The average Bonchev–Trinajstić information content (AvgIpc) is 2.98. The fraction of sp³-hybridized carbons (Fsp3) is 0.238. The van der Waals surface area contributed by atoms with Crippen molar-refractivity contribution in [2.75, 3.05) is 18.0 Å². The summed E-state index contributed by atoms with van der Waals surface area (Å²) in [6, 6.07) is 12.7. The number of carbonyl (C=O) groups is 2. The van der Waals surface area contributed by atoms with Gasteiger partial charge in [-0.25, -0.2) is 9.29 Å². The molecule has 2 heterocycles. The van der Waals surface area contributed by atoms with Crippen LogP contribution in [0.1, 0.15) is 18.4 Å². The van der Waals surface area contributed by atoms with Crippen LogP contribution in [0.25, 0.3) is 5.57 Å². The van der Waals surface area contributed by atoms with E-state index in [-0.39, 0.29) is 24.1 Å². The fourth-order valence-electron chi connectivity index (χ4n) is 3.66. The minimum atomic E-state index is -0.445. The van der Waals surface area contributed by atoms with Gasteiger partial charge in [0, 0.05) is 18.1 Å². The van der Waals surface area contributed by atoms with Gasteiger partial charge in [0.15, 0.2) is 0 Å². The third-order valence-electron chi connectivity index (χ3n) is 5.10. The Morgan fingerprint density at radius 3 is 2.33 bits per heavy atom. The first-order valence-electron chi connectivity index (χ1n) is 8.84. The maximum absolute atomic E-state index is 13.1. The minimum absolute atomic E-state index is 0.182. The largest absolute Gasteiger partial charge is 0.287 e. The lowest BCUT2D eigenvalue weighted by Gasteiger charge is -2.30. The molecule has 0 spiro atoms. The number of nitrogens with zero attached hydrogens (tertiary/aromatic N) is 2. The van der Waals surface area contributed by atoms with Gasteiger partial charge in [0.1, 0.15) is 5.82 Å². The van der Waals surface area contributed by atoms with Crippen LogP contribution in [0.5, 0.6) is 0 Å². The first-order valence-corrected chi connectivity index (χ1v) is 9.22. The fourth-order valence-corrected chi connectivity index (χ4v) is 3.78. The maximum atomic E-state index is 13.1. The molecule has 6 heteroatoms. The summed E-state index contributed by atoms with van der Waals surface area (Å²) >= 11 is 5.89. The van der Waals surface area contributed by atoms with Crippen molar-refractivity contribution in [2.45, 2.75) is 18.9 Å². The van der Waals surface area contributed by atoms with Crippen LogP contribution in [0, 0.1) is 5.82 Å². The number of amides is 2. The van der Waals surface area contributed by atoms with Gasteiger partial charge in [-0.15, -0.1) is 0 Å². The molecule has 0 N–H and O–H groups in total. The second kappa shape index (κ2) is 7.25. The predicted octanol–water partition coefficient (Wildman–Crippen LogP) is 3.90. The Morgan fingerprint density at radius 1 is 1.00 bits per heavy atom. The minimum Gasteiger partial charge on any atom is -0.287 e. The predicted molar refractivity (Wildman–Crippen MR) is 103 cm³/mol. The number of imide groups is 1. The van der Waals surface area contributed by atoms with E-state index >= 15 is 0 Å². The third-order valence-corrected chi connectivity index (χ3v) is 5.36. The highest BCUT2D eigenvalue weighted by atomic mass is 35.5. The normalized spacial score (nSPS) is 20.9. The molecule has 2 aliphatic rings. The summed E-state index contributed by atoms with van der Waals surface area (Å²) in [6.07, 6.45) is 2.99. The van der Waals surface area contributed by atoms with Crippen molar-refractivity contribution in [1.82, 2.24) is 4.90 Å². The monoisotopic (exact) mass is 384 g/mol. The van der Waals surface area contributed by atoms with Crippen LogP contribution >= 0.6 is 11.6 Å². The van der Waals surface area contributed by atoms with Crippen molar-refractivity contribution in [1.29, 1.82) is 0 Å². The molecule has 1 saturated heterocycles. The summed E-state index contributed by atoms with van der Waals surface area (Å²) < 4.78 is 13.1. The van der Waals surface area contributed by atoms with Crippen LogP contribution in [0.4, 0.5) is 10.1 Å². The molecule has 4 nitrogen and oxygen atoms in total. The number of anilines is 1. The van der Waals surface area contributed by atoms with Crippen LogP contribution in [0.2, 0.25) is 5.02 Å². The first-order chi connectivity index (χ1) is 13.0. The summed E-state index contributed by atoms with van der Waals surface area (Å²) in [5.41, 5.74) is 2.68. The van der Waals surface area contributed by atoms with Crippen molar-refractivity contribution in [3.8, 4) is 0 Å². The van der Waals surface area contributed by atoms with Crippen molar-refractivity contribution in [2.24, 2.45) is 0 Å². The van der Waals surface area contributed by atoms with E-state index in [0.29, 0.717) is 23.8 Å². The van der Waals surface area contributed by atoms with Gasteiger partial charge in [-0.2, -0.15) is 0 Å². The first kappa shape index (κ1) is 17.9. The van der Waals surface area contributed by atoms with E-state index < -0.39 is 6.04 Å². The Kier molecular flexibility index (Phi) is 4.81.